The van der Waals surface area contributed by atoms with E-state index in [1.165, 1.54) is 46.3 Å². The predicted molar refractivity (Wildman–Crippen MR) is 81.8 cm³/mol. The first kappa shape index (κ1) is 12.3. The summed E-state index contributed by atoms with van der Waals surface area (Å²) in [5.74, 6) is 0. The number of hydrogen-bond acceptors (Lipinski definition) is 1. The van der Waals surface area contributed by atoms with Crippen molar-refractivity contribution in [1.29, 1.82) is 0 Å². The molecule has 1 unspecified atom stereocenters. The zero-order chi connectivity index (χ0) is 13.4. The van der Waals surface area contributed by atoms with Gasteiger partial charge in [-0.05, 0) is 67.5 Å². The van der Waals surface area contributed by atoms with Crippen molar-refractivity contribution in [3.05, 3.63) is 64.2 Å². The normalized spacial score (nSPS) is 17.7. The number of aryl methyl sites for hydroxylation is 4. The van der Waals surface area contributed by atoms with Gasteiger partial charge in [0.2, 0.25) is 0 Å². The van der Waals surface area contributed by atoms with Gasteiger partial charge in [0.15, 0.2) is 0 Å². The zero-order valence-electron chi connectivity index (χ0n) is 12.0. The summed E-state index contributed by atoms with van der Waals surface area (Å²) in [5, 5.41) is 3.70. The summed E-state index contributed by atoms with van der Waals surface area (Å²) in [6.45, 7) is 6.62. The molecule has 2 aromatic carbocycles. The van der Waals surface area contributed by atoms with Crippen LogP contribution >= 0.6 is 0 Å². The third-order valence-electron chi connectivity index (χ3n) is 4.31. The lowest BCUT2D eigenvalue weighted by atomic mass is 9.89. The molecular weight excluding hydrogens is 230 g/mol. The van der Waals surface area contributed by atoms with E-state index in [1.807, 2.05) is 0 Å². The van der Waals surface area contributed by atoms with Gasteiger partial charge in [-0.25, -0.2) is 0 Å². The molecule has 2 aromatic rings. The second-order valence-corrected chi connectivity index (χ2v) is 5.69. The minimum absolute atomic E-state index is 0.453. The lowest BCUT2D eigenvalue weighted by molar-refractivity contribution is 0.663. The van der Waals surface area contributed by atoms with Crippen molar-refractivity contribution in [2.45, 2.75) is 39.7 Å². The Bertz CT molecular complexity index is 613. The molecule has 0 aliphatic carbocycles. The number of nitrogens with one attached hydrogen (secondary N) is 1. The highest BCUT2D eigenvalue weighted by Gasteiger charge is 2.20. The molecular formula is C18H21N. The van der Waals surface area contributed by atoms with Crippen molar-refractivity contribution < 1.29 is 0 Å². The summed E-state index contributed by atoms with van der Waals surface area (Å²) in [6, 6.07) is 13.8. The van der Waals surface area contributed by atoms with Crippen LogP contribution in [0.5, 0.6) is 0 Å². The van der Waals surface area contributed by atoms with Crippen LogP contribution in [0, 0.1) is 20.8 Å². The van der Waals surface area contributed by atoms with E-state index in [-0.39, 0.29) is 0 Å². The van der Waals surface area contributed by atoms with E-state index >= 15 is 0 Å². The molecule has 0 aromatic heterocycles. The van der Waals surface area contributed by atoms with Crippen molar-refractivity contribution in [3.63, 3.8) is 0 Å². The van der Waals surface area contributed by atoms with Crippen LogP contribution < -0.4 is 5.32 Å². The van der Waals surface area contributed by atoms with Crippen LogP contribution in [0.3, 0.4) is 0 Å². The maximum Gasteiger partial charge on any atom is 0.0519 e. The quantitative estimate of drug-likeness (QED) is 0.774. The molecule has 1 nitrogen and oxygen atoms in total. The maximum atomic E-state index is 3.70. The fourth-order valence-corrected chi connectivity index (χ4v) is 3.03. The van der Waals surface area contributed by atoms with Crippen LogP contribution in [0.2, 0.25) is 0 Å². The molecule has 19 heavy (non-hydrogen) atoms. The van der Waals surface area contributed by atoms with Crippen LogP contribution in [0.15, 0.2) is 36.4 Å². The van der Waals surface area contributed by atoms with Crippen LogP contribution in [-0.2, 0) is 6.42 Å². The molecule has 3 rings (SSSR count). The van der Waals surface area contributed by atoms with Gasteiger partial charge < -0.3 is 5.32 Å². The summed E-state index contributed by atoms with van der Waals surface area (Å²) < 4.78 is 0. The largest absolute Gasteiger partial charge is 0.378 e. The Hall–Kier alpha value is -1.76. The first-order valence-electron chi connectivity index (χ1n) is 7.07. The second kappa shape index (κ2) is 4.73. The van der Waals surface area contributed by atoms with Crippen LogP contribution in [0.25, 0.3) is 0 Å². The van der Waals surface area contributed by atoms with Gasteiger partial charge in [-0.1, -0.05) is 30.3 Å². The highest BCUT2D eigenvalue weighted by atomic mass is 14.9. The lowest BCUT2D eigenvalue weighted by Gasteiger charge is -2.29. The number of rotatable bonds is 1. The molecule has 1 heterocycles. The second-order valence-electron chi connectivity index (χ2n) is 5.69. The average molecular weight is 251 g/mol. The number of hydrogen-bond donors (Lipinski definition) is 1. The topological polar surface area (TPSA) is 12.0 Å². The van der Waals surface area contributed by atoms with Crippen LogP contribution in [0.1, 0.15) is 40.3 Å². The lowest BCUT2D eigenvalue weighted by Crippen LogP contribution is -2.19. The highest BCUT2D eigenvalue weighted by molar-refractivity contribution is 5.55. The minimum atomic E-state index is 0.453. The predicted octanol–water partition coefficient (Wildman–Crippen LogP) is 4.71. The van der Waals surface area contributed by atoms with Gasteiger partial charge in [0.1, 0.15) is 0 Å². The van der Waals surface area contributed by atoms with Gasteiger partial charge in [-0.2, -0.15) is 0 Å². The van der Waals surface area contributed by atoms with Gasteiger partial charge in [0.25, 0.3) is 0 Å². The summed E-state index contributed by atoms with van der Waals surface area (Å²) >= 11 is 0. The molecule has 0 bridgehead atoms. The Balaban J connectivity index is 1.95. The number of para-hydroxylation sites is 1. The van der Waals surface area contributed by atoms with E-state index in [9.17, 15) is 0 Å². The van der Waals surface area contributed by atoms with Crippen molar-refractivity contribution in [1.82, 2.24) is 0 Å². The average Bonchev–Trinajstić information content (AvgIpc) is 2.42. The zero-order valence-corrected chi connectivity index (χ0v) is 12.0. The Morgan fingerprint density at radius 2 is 1.68 bits per heavy atom. The first-order chi connectivity index (χ1) is 9.15. The van der Waals surface area contributed by atoms with Crippen LogP contribution in [0.4, 0.5) is 5.69 Å². The molecule has 1 N–H and O–H groups in total. The van der Waals surface area contributed by atoms with E-state index in [2.05, 4.69) is 62.5 Å². The molecule has 1 heteroatoms. The monoisotopic (exact) mass is 251 g/mol. The standard InChI is InChI=1S/C18H21N/c1-12-10-14(3)16(11-13(12)2)18-9-8-15-6-4-5-7-17(15)19-18/h4-7,10-11,18-19H,8-9H2,1-3H3. The van der Waals surface area contributed by atoms with Gasteiger partial charge in [0, 0.05) is 5.69 Å². The number of anilines is 1. The molecule has 0 saturated heterocycles. The van der Waals surface area contributed by atoms with Crippen molar-refractivity contribution in [2.75, 3.05) is 5.32 Å². The fourth-order valence-electron chi connectivity index (χ4n) is 3.03. The van der Waals surface area contributed by atoms with Crippen molar-refractivity contribution >= 4 is 5.69 Å². The third-order valence-corrected chi connectivity index (χ3v) is 4.31. The molecule has 0 radical (unpaired) electrons. The Morgan fingerprint density at radius 3 is 2.53 bits per heavy atom. The molecule has 1 aliphatic rings. The molecule has 98 valence electrons. The number of benzene rings is 2. The van der Waals surface area contributed by atoms with Gasteiger partial charge in [0.05, 0.1) is 6.04 Å². The minimum Gasteiger partial charge on any atom is -0.378 e. The van der Waals surface area contributed by atoms with Gasteiger partial charge in [-0.3, -0.25) is 0 Å². The van der Waals surface area contributed by atoms with Crippen molar-refractivity contribution in [2.24, 2.45) is 0 Å². The summed E-state index contributed by atoms with van der Waals surface area (Å²) in [4.78, 5) is 0. The fraction of sp³-hybridized carbons (Fsp3) is 0.333. The summed E-state index contributed by atoms with van der Waals surface area (Å²) in [7, 11) is 0. The molecule has 1 aliphatic heterocycles. The van der Waals surface area contributed by atoms with Crippen LogP contribution in [-0.4, -0.2) is 0 Å². The van der Waals surface area contributed by atoms with E-state index in [0.717, 1.165) is 0 Å². The Morgan fingerprint density at radius 1 is 0.947 bits per heavy atom. The highest BCUT2D eigenvalue weighted by Crippen LogP contribution is 2.34. The molecule has 0 saturated carbocycles. The van der Waals surface area contributed by atoms with Crippen molar-refractivity contribution in [3.8, 4) is 0 Å². The van der Waals surface area contributed by atoms with Gasteiger partial charge in [-0.15, -0.1) is 0 Å². The molecule has 1 atom stereocenters. The molecule has 0 amide bonds. The first-order valence-corrected chi connectivity index (χ1v) is 7.07. The van der Waals surface area contributed by atoms with E-state index < -0.39 is 0 Å². The smallest absolute Gasteiger partial charge is 0.0519 e. The van der Waals surface area contributed by atoms with E-state index in [4.69, 9.17) is 0 Å². The SMILES string of the molecule is Cc1cc(C)c(C2CCc3ccccc3N2)cc1C. The molecule has 0 spiro atoms. The van der Waals surface area contributed by atoms with Gasteiger partial charge >= 0.3 is 0 Å². The Labute approximate surface area is 115 Å². The number of fused-ring (bicyclic) bond motifs is 1. The molecule has 0 fully saturated rings. The van der Waals surface area contributed by atoms with E-state index in [1.54, 1.807) is 0 Å². The maximum absolute atomic E-state index is 3.70. The Kier molecular flexibility index (Phi) is 3.06. The summed E-state index contributed by atoms with van der Waals surface area (Å²) in [6.07, 6.45) is 2.35. The third kappa shape index (κ3) is 2.25. The van der Waals surface area contributed by atoms with E-state index in [0.29, 0.717) is 6.04 Å². The summed E-state index contributed by atoms with van der Waals surface area (Å²) in [5.41, 5.74) is 8.38.